The van der Waals surface area contributed by atoms with Gasteiger partial charge in [-0.25, -0.2) is 0 Å². The predicted octanol–water partition coefficient (Wildman–Crippen LogP) is 0.413. The highest BCUT2D eigenvalue weighted by Gasteiger charge is 2.27. The molecule has 0 radical (unpaired) electrons. The van der Waals surface area contributed by atoms with Gasteiger partial charge in [0.15, 0.2) is 0 Å². The van der Waals surface area contributed by atoms with Crippen molar-refractivity contribution < 1.29 is 19.5 Å². The molecule has 6 nitrogen and oxygen atoms in total. The Labute approximate surface area is 116 Å². The minimum Gasteiger partial charge on any atom is -0.481 e. The van der Waals surface area contributed by atoms with Gasteiger partial charge in [-0.15, -0.1) is 0 Å². The van der Waals surface area contributed by atoms with Gasteiger partial charge in [0, 0.05) is 18.8 Å². The first kappa shape index (κ1) is 14.0. The van der Waals surface area contributed by atoms with Crippen molar-refractivity contribution in [3.05, 3.63) is 29.8 Å². The van der Waals surface area contributed by atoms with Crippen LogP contribution in [-0.2, 0) is 20.8 Å². The number of carbonyl (C=O) groups excluding carboxylic acids is 2. The summed E-state index contributed by atoms with van der Waals surface area (Å²) in [6, 6.07) is 7.05. The molecule has 0 bridgehead atoms. The zero-order valence-corrected chi connectivity index (χ0v) is 11.1. The van der Waals surface area contributed by atoms with E-state index >= 15 is 0 Å². The Morgan fingerprint density at radius 3 is 2.60 bits per heavy atom. The van der Waals surface area contributed by atoms with Gasteiger partial charge in [0.05, 0.1) is 5.92 Å². The van der Waals surface area contributed by atoms with Crippen molar-refractivity contribution in [2.75, 3.05) is 18.0 Å². The maximum Gasteiger partial charge on any atom is 0.316 e. The van der Waals surface area contributed by atoms with E-state index in [9.17, 15) is 14.4 Å². The van der Waals surface area contributed by atoms with E-state index < -0.39 is 23.7 Å². The van der Waals surface area contributed by atoms with Crippen molar-refractivity contribution in [1.82, 2.24) is 5.32 Å². The summed E-state index contributed by atoms with van der Waals surface area (Å²) in [5.41, 5.74) is 1.54. The van der Waals surface area contributed by atoms with Gasteiger partial charge in [-0.05, 0) is 24.1 Å². The fraction of sp³-hybridized carbons (Fsp3) is 0.357. The average molecular weight is 276 g/mol. The Kier molecular flexibility index (Phi) is 4.02. The summed E-state index contributed by atoms with van der Waals surface area (Å²) >= 11 is 0. The first-order valence-corrected chi connectivity index (χ1v) is 6.40. The van der Waals surface area contributed by atoms with E-state index in [0.717, 1.165) is 5.56 Å². The number of amides is 2. The number of piperazine rings is 1. The Morgan fingerprint density at radius 1 is 1.35 bits per heavy atom. The molecule has 6 heteroatoms. The van der Waals surface area contributed by atoms with Crippen molar-refractivity contribution in [3.8, 4) is 0 Å². The molecule has 1 aromatic carbocycles. The van der Waals surface area contributed by atoms with Crippen LogP contribution in [0.4, 0.5) is 5.69 Å². The molecule has 1 aromatic rings. The number of aliphatic carboxylic acids is 1. The zero-order valence-electron chi connectivity index (χ0n) is 11.1. The van der Waals surface area contributed by atoms with E-state index in [-0.39, 0.29) is 0 Å². The lowest BCUT2D eigenvalue weighted by Crippen LogP contribution is -2.52. The van der Waals surface area contributed by atoms with Crippen LogP contribution in [0.3, 0.4) is 0 Å². The van der Waals surface area contributed by atoms with Gasteiger partial charge in [0.2, 0.25) is 0 Å². The number of benzene rings is 1. The van der Waals surface area contributed by atoms with Crippen LogP contribution >= 0.6 is 0 Å². The third kappa shape index (κ3) is 2.96. The minimum absolute atomic E-state index is 0.433. The number of hydrogen-bond acceptors (Lipinski definition) is 3. The Hall–Kier alpha value is -2.37. The van der Waals surface area contributed by atoms with Crippen LogP contribution in [0.1, 0.15) is 12.5 Å². The molecule has 106 valence electrons. The van der Waals surface area contributed by atoms with E-state index in [4.69, 9.17) is 5.11 Å². The van der Waals surface area contributed by atoms with Crippen LogP contribution in [0.15, 0.2) is 24.3 Å². The Bertz CT molecular complexity index is 539. The molecule has 0 aromatic heterocycles. The van der Waals surface area contributed by atoms with Gasteiger partial charge in [-0.2, -0.15) is 0 Å². The van der Waals surface area contributed by atoms with Gasteiger partial charge in [-0.3, -0.25) is 14.4 Å². The molecular formula is C14H16N2O4. The lowest BCUT2D eigenvalue weighted by Gasteiger charge is -2.26. The Balaban J connectivity index is 2.10. The third-order valence-corrected chi connectivity index (χ3v) is 3.27. The number of rotatable bonds is 4. The van der Waals surface area contributed by atoms with Crippen molar-refractivity contribution >= 4 is 23.5 Å². The SMILES string of the molecule is CC(Cc1ccc(N2CCNC(=O)C2=O)cc1)C(=O)O. The van der Waals surface area contributed by atoms with Crippen LogP contribution in [0.5, 0.6) is 0 Å². The van der Waals surface area contributed by atoms with Gasteiger partial charge in [0.1, 0.15) is 0 Å². The lowest BCUT2D eigenvalue weighted by atomic mass is 10.0. The Morgan fingerprint density at radius 2 is 2.00 bits per heavy atom. The summed E-state index contributed by atoms with van der Waals surface area (Å²) in [6.45, 7) is 2.52. The standard InChI is InChI=1S/C14H16N2O4/c1-9(14(19)20)8-10-2-4-11(5-3-10)16-7-6-15-12(17)13(16)18/h2-5,9H,6-8H2,1H3,(H,15,17)(H,19,20). The number of nitrogens with zero attached hydrogens (tertiary/aromatic N) is 1. The van der Waals surface area contributed by atoms with Crippen LogP contribution in [0.25, 0.3) is 0 Å². The first-order chi connectivity index (χ1) is 9.49. The normalized spacial score (nSPS) is 16.8. The van der Waals surface area contributed by atoms with Gasteiger partial charge >= 0.3 is 17.8 Å². The molecule has 1 atom stereocenters. The smallest absolute Gasteiger partial charge is 0.316 e. The van der Waals surface area contributed by atoms with Gasteiger partial charge in [-0.1, -0.05) is 19.1 Å². The molecule has 1 unspecified atom stereocenters. The first-order valence-electron chi connectivity index (χ1n) is 6.40. The van der Waals surface area contributed by atoms with Crippen molar-refractivity contribution in [2.24, 2.45) is 5.92 Å². The summed E-state index contributed by atoms with van der Waals surface area (Å²) in [7, 11) is 0. The van der Waals surface area contributed by atoms with Crippen molar-refractivity contribution in [3.63, 3.8) is 0 Å². The maximum absolute atomic E-state index is 11.7. The van der Waals surface area contributed by atoms with Crippen LogP contribution < -0.4 is 10.2 Å². The number of nitrogens with one attached hydrogen (secondary N) is 1. The molecule has 0 spiro atoms. The zero-order chi connectivity index (χ0) is 14.7. The molecule has 2 rings (SSSR count). The number of hydrogen-bond donors (Lipinski definition) is 2. The molecule has 0 aliphatic carbocycles. The molecular weight excluding hydrogens is 260 g/mol. The van der Waals surface area contributed by atoms with E-state index in [1.54, 1.807) is 31.2 Å². The third-order valence-electron chi connectivity index (χ3n) is 3.27. The molecule has 2 N–H and O–H groups in total. The second kappa shape index (κ2) is 5.73. The lowest BCUT2D eigenvalue weighted by molar-refractivity contribution is -0.141. The van der Waals surface area contributed by atoms with Crippen LogP contribution in [0, 0.1) is 5.92 Å². The van der Waals surface area contributed by atoms with E-state index in [2.05, 4.69) is 5.32 Å². The maximum atomic E-state index is 11.7. The highest BCUT2D eigenvalue weighted by molar-refractivity contribution is 6.41. The van der Waals surface area contributed by atoms with E-state index in [0.29, 0.717) is 25.2 Å². The molecule has 1 aliphatic heterocycles. The molecule has 0 saturated carbocycles. The molecule has 1 saturated heterocycles. The summed E-state index contributed by atoms with van der Waals surface area (Å²) in [5.74, 6) is -2.46. The highest BCUT2D eigenvalue weighted by atomic mass is 16.4. The van der Waals surface area contributed by atoms with Gasteiger partial charge in [0.25, 0.3) is 0 Å². The van der Waals surface area contributed by atoms with Crippen molar-refractivity contribution in [1.29, 1.82) is 0 Å². The summed E-state index contributed by atoms with van der Waals surface area (Å²) < 4.78 is 0. The average Bonchev–Trinajstić information content (AvgIpc) is 2.43. The number of anilines is 1. The van der Waals surface area contributed by atoms with Crippen LogP contribution in [0.2, 0.25) is 0 Å². The molecule has 1 heterocycles. The minimum atomic E-state index is -0.836. The van der Waals surface area contributed by atoms with E-state index in [1.165, 1.54) is 4.90 Å². The fourth-order valence-electron chi connectivity index (χ4n) is 2.08. The topological polar surface area (TPSA) is 86.7 Å². The molecule has 1 fully saturated rings. The number of carboxylic acids is 1. The monoisotopic (exact) mass is 276 g/mol. The fourth-order valence-corrected chi connectivity index (χ4v) is 2.08. The second-order valence-corrected chi connectivity index (χ2v) is 4.82. The quantitative estimate of drug-likeness (QED) is 0.780. The number of carboxylic acid groups (broad SMARTS) is 1. The van der Waals surface area contributed by atoms with E-state index in [1.807, 2.05) is 0 Å². The van der Waals surface area contributed by atoms with Crippen LogP contribution in [-0.4, -0.2) is 36.0 Å². The predicted molar refractivity (Wildman–Crippen MR) is 72.3 cm³/mol. The molecule has 1 aliphatic rings. The summed E-state index contributed by atoms with van der Waals surface area (Å²) in [6.07, 6.45) is 0.435. The largest absolute Gasteiger partial charge is 0.481 e. The molecule has 20 heavy (non-hydrogen) atoms. The van der Waals surface area contributed by atoms with Crippen molar-refractivity contribution in [2.45, 2.75) is 13.3 Å². The summed E-state index contributed by atoms with van der Waals surface area (Å²) in [5, 5.41) is 11.4. The van der Waals surface area contributed by atoms with Gasteiger partial charge < -0.3 is 15.3 Å². The highest BCUT2D eigenvalue weighted by Crippen LogP contribution is 2.18. The summed E-state index contributed by atoms with van der Waals surface area (Å²) in [4.78, 5) is 35.2. The molecule has 2 amide bonds. The number of carbonyl (C=O) groups is 3. The second-order valence-electron chi connectivity index (χ2n) is 4.82.